The second kappa shape index (κ2) is 9.14. The highest BCUT2D eigenvalue weighted by Crippen LogP contribution is 2.48. The molecule has 2 aliphatic rings. The maximum Gasteiger partial charge on any atom is 0.261 e. The molecular formula is C22H25NO3S2. The number of methoxy groups -OCH3 is 1. The van der Waals surface area contributed by atoms with Gasteiger partial charge in [-0.3, -0.25) is 4.79 Å². The molecule has 2 fully saturated rings. The Balaban J connectivity index is 1.40. The van der Waals surface area contributed by atoms with Crippen molar-refractivity contribution in [1.82, 2.24) is 4.90 Å². The average Bonchev–Trinajstić information content (AvgIpc) is 3.43. The quantitative estimate of drug-likeness (QED) is 0.622. The van der Waals surface area contributed by atoms with E-state index in [0.29, 0.717) is 17.2 Å². The van der Waals surface area contributed by atoms with E-state index in [0.717, 1.165) is 29.9 Å². The molecule has 1 saturated heterocycles. The Hall–Kier alpha value is -1.79. The van der Waals surface area contributed by atoms with Crippen LogP contribution in [0.5, 0.6) is 11.5 Å². The lowest BCUT2D eigenvalue weighted by Crippen LogP contribution is -2.36. The predicted octanol–water partition coefficient (Wildman–Crippen LogP) is 4.74. The largest absolute Gasteiger partial charge is 0.497 e. The van der Waals surface area contributed by atoms with Crippen LogP contribution in [0.15, 0.2) is 48.5 Å². The molecule has 0 N–H and O–H groups in total. The van der Waals surface area contributed by atoms with Crippen molar-refractivity contribution in [2.24, 2.45) is 0 Å². The molecule has 0 unspecified atom stereocenters. The molecule has 28 heavy (non-hydrogen) atoms. The first-order valence-corrected chi connectivity index (χ1v) is 11.7. The average molecular weight is 416 g/mol. The number of ether oxygens (including phenoxy) is 2. The normalized spacial score (nSPS) is 16.8. The predicted molar refractivity (Wildman–Crippen MR) is 116 cm³/mol. The van der Waals surface area contributed by atoms with E-state index in [9.17, 15) is 4.79 Å². The third kappa shape index (κ3) is 4.78. The van der Waals surface area contributed by atoms with E-state index >= 15 is 0 Å². The summed E-state index contributed by atoms with van der Waals surface area (Å²) in [4.78, 5) is 14.9. The number of para-hydroxylation sites is 1. The fraction of sp³-hybridized carbons (Fsp3) is 0.409. The summed E-state index contributed by atoms with van der Waals surface area (Å²) in [5.74, 6) is 4.05. The van der Waals surface area contributed by atoms with Gasteiger partial charge in [-0.1, -0.05) is 30.3 Å². The summed E-state index contributed by atoms with van der Waals surface area (Å²) < 4.78 is 11.6. The van der Waals surface area contributed by atoms with Gasteiger partial charge in [0.05, 0.1) is 11.7 Å². The van der Waals surface area contributed by atoms with Gasteiger partial charge in [0.1, 0.15) is 11.5 Å². The van der Waals surface area contributed by atoms with Crippen molar-refractivity contribution in [2.45, 2.75) is 30.0 Å². The van der Waals surface area contributed by atoms with Crippen LogP contribution in [0, 0.1) is 0 Å². The fourth-order valence-corrected chi connectivity index (χ4v) is 6.21. The molecule has 0 atom stereocenters. The van der Waals surface area contributed by atoms with E-state index in [1.165, 1.54) is 17.1 Å². The van der Waals surface area contributed by atoms with E-state index in [2.05, 4.69) is 6.07 Å². The van der Waals surface area contributed by atoms with E-state index in [1.54, 1.807) is 7.11 Å². The molecule has 0 spiro atoms. The zero-order valence-electron chi connectivity index (χ0n) is 16.0. The minimum atomic E-state index is 0.0554. The van der Waals surface area contributed by atoms with Gasteiger partial charge in [-0.05, 0) is 36.6 Å². The SMILES string of the molecule is COc1ccc(CN(C(=O)COc2ccccc2C2SCCS2)C2CC2)cc1. The van der Waals surface area contributed by atoms with Crippen LogP contribution >= 0.6 is 23.5 Å². The Kier molecular flexibility index (Phi) is 6.37. The number of rotatable bonds is 8. The van der Waals surface area contributed by atoms with Gasteiger partial charge < -0.3 is 14.4 Å². The van der Waals surface area contributed by atoms with Crippen molar-refractivity contribution in [2.75, 3.05) is 25.2 Å². The summed E-state index contributed by atoms with van der Waals surface area (Å²) in [5.41, 5.74) is 2.30. The standard InChI is InChI=1S/C22H25NO3S2/c1-25-18-10-6-16(7-11-18)14-23(17-8-9-17)21(24)15-26-20-5-3-2-4-19(20)22-27-12-13-28-22/h2-7,10-11,17,22H,8-9,12-15H2,1H3. The Labute approximate surface area is 175 Å². The third-order valence-corrected chi connectivity index (χ3v) is 8.03. The second-order valence-corrected chi connectivity index (χ2v) is 9.73. The van der Waals surface area contributed by atoms with Gasteiger partial charge in [0.25, 0.3) is 5.91 Å². The topological polar surface area (TPSA) is 38.8 Å². The molecule has 148 valence electrons. The van der Waals surface area contributed by atoms with Crippen LogP contribution in [-0.4, -0.2) is 42.1 Å². The number of benzene rings is 2. The van der Waals surface area contributed by atoms with Crippen molar-refractivity contribution in [1.29, 1.82) is 0 Å². The van der Waals surface area contributed by atoms with Gasteiger partial charge >= 0.3 is 0 Å². The Morgan fingerprint density at radius 3 is 2.46 bits per heavy atom. The minimum absolute atomic E-state index is 0.0554. The summed E-state index contributed by atoms with van der Waals surface area (Å²) in [7, 11) is 1.66. The van der Waals surface area contributed by atoms with Gasteiger partial charge in [0.2, 0.25) is 0 Å². The number of hydrogen-bond donors (Lipinski definition) is 0. The summed E-state index contributed by atoms with van der Waals surface area (Å²) in [6, 6.07) is 16.4. The van der Waals surface area contributed by atoms with E-state index < -0.39 is 0 Å². The molecule has 0 bridgehead atoms. The first-order valence-electron chi connectivity index (χ1n) is 9.62. The van der Waals surface area contributed by atoms with Crippen molar-refractivity contribution in [3.05, 3.63) is 59.7 Å². The molecule has 4 nitrogen and oxygen atoms in total. The zero-order valence-corrected chi connectivity index (χ0v) is 17.6. The van der Waals surface area contributed by atoms with Crippen LogP contribution in [0.2, 0.25) is 0 Å². The molecule has 1 aliphatic heterocycles. The first-order chi connectivity index (χ1) is 13.7. The van der Waals surface area contributed by atoms with Gasteiger partial charge in [0.15, 0.2) is 6.61 Å². The lowest BCUT2D eigenvalue weighted by Gasteiger charge is -2.23. The van der Waals surface area contributed by atoms with Crippen LogP contribution < -0.4 is 9.47 Å². The fourth-order valence-electron chi connectivity index (χ4n) is 3.30. The lowest BCUT2D eigenvalue weighted by molar-refractivity contribution is -0.134. The first kappa shape index (κ1) is 19.5. The number of carbonyl (C=O) groups is 1. The molecular weight excluding hydrogens is 390 g/mol. The van der Waals surface area contributed by atoms with Crippen LogP contribution in [0.3, 0.4) is 0 Å². The van der Waals surface area contributed by atoms with Gasteiger partial charge in [-0.25, -0.2) is 0 Å². The molecule has 1 amide bonds. The summed E-state index contributed by atoms with van der Waals surface area (Å²) in [6.07, 6.45) is 2.15. The highest BCUT2D eigenvalue weighted by atomic mass is 32.2. The van der Waals surface area contributed by atoms with Crippen LogP contribution in [0.4, 0.5) is 0 Å². The molecule has 1 heterocycles. The molecule has 2 aromatic rings. The summed E-state index contributed by atoms with van der Waals surface area (Å²) >= 11 is 3.89. The molecule has 4 rings (SSSR count). The maximum absolute atomic E-state index is 12.9. The third-order valence-electron chi connectivity index (χ3n) is 4.97. The lowest BCUT2D eigenvalue weighted by atomic mass is 10.2. The van der Waals surface area contributed by atoms with Crippen molar-refractivity contribution < 1.29 is 14.3 Å². The number of thioether (sulfide) groups is 2. The molecule has 0 aromatic heterocycles. The summed E-state index contributed by atoms with van der Waals surface area (Å²) in [5, 5.41) is 0. The smallest absolute Gasteiger partial charge is 0.261 e. The van der Waals surface area contributed by atoms with Crippen molar-refractivity contribution in [3.8, 4) is 11.5 Å². The van der Waals surface area contributed by atoms with Crippen molar-refractivity contribution in [3.63, 3.8) is 0 Å². The number of amides is 1. The van der Waals surface area contributed by atoms with Crippen LogP contribution in [0.25, 0.3) is 0 Å². The van der Waals surface area contributed by atoms with E-state index in [1.807, 2.05) is 70.9 Å². The Morgan fingerprint density at radius 2 is 1.79 bits per heavy atom. The monoisotopic (exact) mass is 415 g/mol. The Morgan fingerprint density at radius 1 is 1.07 bits per heavy atom. The zero-order chi connectivity index (χ0) is 19.3. The van der Waals surface area contributed by atoms with E-state index in [-0.39, 0.29) is 12.5 Å². The second-order valence-electron chi connectivity index (χ2n) is 7.00. The van der Waals surface area contributed by atoms with Crippen molar-refractivity contribution >= 4 is 29.4 Å². The molecule has 6 heteroatoms. The molecule has 2 aromatic carbocycles. The van der Waals surface area contributed by atoms with Crippen LogP contribution in [0.1, 0.15) is 28.6 Å². The summed E-state index contributed by atoms with van der Waals surface area (Å²) in [6.45, 7) is 0.707. The number of hydrogen-bond acceptors (Lipinski definition) is 5. The van der Waals surface area contributed by atoms with Gasteiger partial charge in [-0.15, -0.1) is 23.5 Å². The highest BCUT2D eigenvalue weighted by molar-refractivity contribution is 8.19. The molecule has 1 aliphatic carbocycles. The number of carbonyl (C=O) groups excluding carboxylic acids is 1. The Bertz CT molecular complexity index is 802. The highest BCUT2D eigenvalue weighted by Gasteiger charge is 2.33. The minimum Gasteiger partial charge on any atom is -0.497 e. The van der Waals surface area contributed by atoms with E-state index in [4.69, 9.17) is 9.47 Å². The van der Waals surface area contributed by atoms with Gasteiger partial charge in [0, 0.05) is 29.7 Å². The molecule has 0 radical (unpaired) electrons. The van der Waals surface area contributed by atoms with Crippen LogP contribution in [-0.2, 0) is 11.3 Å². The molecule has 1 saturated carbocycles. The number of nitrogens with zero attached hydrogens (tertiary/aromatic N) is 1. The van der Waals surface area contributed by atoms with Gasteiger partial charge in [-0.2, -0.15) is 0 Å². The maximum atomic E-state index is 12.9.